The van der Waals surface area contributed by atoms with Crippen molar-refractivity contribution in [3.05, 3.63) is 45.9 Å². The largest absolute Gasteiger partial charge is 0.493 e. The van der Waals surface area contributed by atoms with Crippen molar-refractivity contribution in [2.24, 2.45) is 5.92 Å². The van der Waals surface area contributed by atoms with Gasteiger partial charge in [0.25, 0.3) is 5.91 Å². The van der Waals surface area contributed by atoms with E-state index >= 15 is 0 Å². The minimum Gasteiger partial charge on any atom is -0.493 e. The summed E-state index contributed by atoms with van der Waals surface area (Å²) in [5, 5.41) is 3.13. The van der Waals surface area contributed by atoms with Gasteiger partial charge >= 0.3 is 0 Å². The fourth-order valence-electron chi connectivity index (χ4n) is 3.25. The molecule has 1 aliphatic heterocycles. The summed E-state index contributed by atoms with van der Waals surface area (Å²) in [6, 6.07) is 9.04. The Morgan fingerprint density at radius 3 is 2.55 bits per heavy atom. The third-order valence-corrected chi connectivity index (χ3v) is 5.25. The first-order valence-corrected chi connectivity index (χ1v) is 10.4. The molecule has 1 aliphatic rings. The number of methoxy groups -OCH3 is 1. The first-order valence-electron chi connectivity index (χ1n) is 9.65. The van der Waals surface area contributed by atoms with E-state index in [1.807, 2.05) is 25.1 Å². The number of rotatable bonds is 7. The van der Waals surface area contributed by atoms with E-state index in [1.165, 1.54) is 0 Å². The van der Waals surface area contributed by atoms with E-state index in [4.69, 9.17) is 18.9 Å². The van der Waals surface area contributed by atoms with Crippen LogP contribution in [0.2, 0.25) is 0 Å². The summed E-state index contributed by atoms with van der Waals surface area (Å²) in [6.07, 6.45) is 0. The molecule has 0 radical (unpaired) electrons. The quantitative estimate of drug-likeness (QED) is 0.641. The molecule has 1 atom stereocenters. The van der Waals surface area contributed by atoms with E-state index in [0.717, 1.165) is 11.3 Å². The molecule has 1 N–H and O–H groups in total. The maximum Gasteiger partial charge on any atom is 0.251 e. The van der Waals surface area contributed by atoms with Crippen LogP contribution in [0, 0.1) is 5.92 Å². The van der Waals surface area contributed by atoms with Gasteiger partial charge in [-0.15, -0.1) is 0 Å². The van der Waals surface area contributed by atoms with E-state index in [0.29, 0.717) is 47.1 Å². The maximum absolute atomic E-state index is 13.0. The lowest BCUT2D eigenvalue weighted by Crippen LogP contribution is -2.32. The average Bonchev–Trinajstić information content (AvgIpc) is 2.72. The van der Waals surface area contributed by atoms with Crippen molar-refractivity contribution in [1.29, 1.82) is 0 Å². The summed E-state index contributed by atoms with van der Waals surface area (Å²) >= 11 is 3.47. The Morgan fingerprint density at radius 1 is 1.17 bits per heavy atom. The normalized spacial score (nSPS) is 13.7. The highest BCUT2D eigenvalue weighted by Gasteiger charge is 2.23. The topological polar surface area (TPSA) is 66.0 Å². The van der Waals surface area contributed by atoms with Crippen molar-refractivity contribution in [3.8, 4) is 23.0 Å². The lowest BCUT2D eigenvalue weighted by Gasteiger charge is -2.25. The van der Waals surface area contributed by atoms with Crippen molar-refractivity contribution in [2.75, 3.05) is 26.9 Å². The molecule has 1 amide bonds. The predicted octanol–water partition coefficient (Wildman–Crippen LogP) is 4.75. The summed E-state index contributed by atoms with van der Waals surface area (Å²) in [7, 11) is 1.55. The van der Waals surface area contributed by atoms with Crippen molar-refractivity contribution in [1.82, 2.24) is 5.32 Å². The predicted molar refractivity (Wildman–Crippen MR) is 114 cm³/mol. The number of ether oxygens (including phenoxy) is 4. The van der Waals surface area contributed by atoms with Crippen LogP contribution >= 0.6 is 15.9 Å². The van der Waals surface area contributed by atoms with E-state index in [-0.39, 0.29) is 17.9 Å². The van der Waals surface area contributed by atoms with Gasteiger partial charge in [0, 0.05) is 5.56 Å². The molecule has 0 saturated heterocycles. The maximum atomic E-state index is 13.0. The lowest BCUT2D eigenvalue weighted by atomic mass is 9.95. The molecule has 3 rings (SSSR count). The zero-order valence-corrected chi connectivity index (χ0v) is 18.7. The molecule has 1 heterocycles. The summed E-state index contributed by atoms with van der Waals surface area (Å²) in [6.45, 7) is 7.60. The zero-order chi connectivity index (χ0) is 21.0. The molecule has 0 aromatic heterocycles. The lowest BCUT2D eigenvalue weighted by molar-refractivity contribution is 0.0925. The van der Waals surface area contributed by atoms with E-state index in [9.17, 15) is 4.79 Å². The molecule has 7 heteroatoms. The van der Waals surface area contributed by atoms with Crippen molar-refractivity contribution < 1.29 is 23.7 Å². The van der Waals surface area contributed by atoms with Gasteiger partial charge in [-0.25, -0.2) is 0 Å². The van der Waals surface area contributed by atoms with Crippen LogP contribution in [0.3, 0.4) is 0 Å². The number of benzene rings is 2. The Hall–Kier alpha value is -2.41. The van der Waals surface area contributed by atoms with E-state index in [1.54, 1.807) is 19.2 Å². The number of halogens is 1. The number of hydrogen-bond donors (Lipinski definition) is 1. The minimum absolute atomic E-state index is 0.176. The summed E-state index contributed by atoms with van der Waals surface area (Å²) < 4.78 is 23.0. The number of hydrogen-bond acceptors (Lipinski definition) is 5. The molecule has 0 aliphatic carbocycles. The minimum atomic E-state index is -0.194. The van der Waals surface area contributed by atoms with Gasteiger partial charge in [0.2, 0.25) is 0 Å². The highest BCUT2D eigenvalue weighted by Crippen LogP contribution is 2.37. The molecule has 0 saturated carbocycles. The Bertz CT molecular complexity index is 884. The highest BCUT2D eigenvalue weighted by molar-refractivity contribution is 9.10. The van der Waals surface area contributed by atoms with Gasteiger partial charge in [0.15, 0.2) is 23.0 Å². The van der Waals surface area contributed by atoms with Crippen LogP contribution in [-0.2, 0) is 0 Å². The second kappa shape index (κ2) is 9.39. The average molecular weight is 464 g/mol. The Kier molecular flexibility index (Phi) is 6.90. The van der Waals surface area contributed by atoms with Gasteiger partial charge in [-0.1, -0.05) is 19.9 Å². The van der Waals surface area contributed by atoms with Crippen LogP contribution in [0.1, 0.15) is 42.7 Å². The first kappa shape index (κ1) is 21.3. The zero-order valence-electron chi connectivity index (χ0n) is 17.1. The van der Waals surface area contributed by atoms with Crippen molar-refractivity contribution >= 4 is 21.8 Å². The molecular weight excluding hydrogens is 438 g/mol. The van der Waals surface area contributed by atoms with Crippen LogP contribution in [0.25, 0.3) is 0 Å². The third kappa shape index (κ3) is 4.78. The number of fused-ring (bicyclic) bond motifs is 1. The number of carbonyl (C=O) groups is 1. The fourth-order valence-corrected chi connectivity index (χ4v) is 3.80. The fraction of sp³-hybridized carbons (Fsp3) is 0.409. The van der Waals surface area contributed by atoms with Crippen LogP contribution in [0.15, 0.2) is 34.8 Å². The number of amides is 1. The summed E-state index contributed by atoms with van der Waals surface area (Å²) in [4.78, 5) is 13.0. The molecule has 1 unspecified atom stereocenters. The van der Waals surface area contributed by atoms with Gasteiger partial charge in [0.1, 0.15) is 13.2 Å². The van der Waals surface area contributed by atoms with Crippen LogP contribution in [-0.4, -0.2) is 32.8 Å². The summed E-state index contributed by atoms with van der Waals surface area (Å²) in [5.74, 6) is 2.51. The van der Waals surface area contributed by atoms with Gasteiger partial charge in [0.05, 0.1) is 24.2 Å². The number of carbonyl (C=O) groups excluding carboxylic acids is 1. The summed E-state index contributed by atoms with van der Waals surface area (Å²) in [5.41, 5.74) is 1.45. The second-order valence-corrected chi connectivity index (χ2v) is 7.88. The van der Waals surface area contributed by atoms with Crippen LogP contribution in [0.4, 0.5) is 0 Å². The molecule has 2 aromatic carbocycles. The van der Waals surface area contributed by atoms with E-state index < -0.39 is 0 Å². The van der Waals surface area contributed by atoms with Gasteiger partial charge in [-0.05, 0) is 58.6 Å². The van der Waals surface area contributed by atoms with Gasteiger partial charge in [-0.3, -0.25) is 4.79 Å². The molecule has 0 bridgehead atoms. The molecule has 0 spiro atoms. The van der Waals surface area contributed by atoms with Crippen LogP contribution < -0.4 is 24.3 Å². The Labute approximate surface area is 179 Å². The van der Waals surface area contributed by atoms with E-state index in [2.05, 4.69) is 35.1 Å². The molecule has 0 fully saturated rings. The van der Waals surface area contributed by atoms with Crippen molar-refractivity contribution in [2.45, 2.75) is 26.8 Å². The molecular formula is C22H26BrNO5. The van der Waals surface area contributed by atoms with Crippen LogP contribution in [0.5, 0.6) is 23.0 Å². The smallest absolute Gasteiger partial charge is 0.251 e. The Balaban J connectivity index is 1.86. The SMILES string of the molecule is CCOc1c(Br)cc(C(=O)NC(c2ccc3c(c2)OCCO3)C(C)C)cc1OC. The van der Waals surface area contributed by atoms with Gasteiger partial charge in [-0.2, -0.15) is 0 Å². The molecule has 2 aromatic rings. The first-order chi connectivity index (χ1) is 13.9. The molecule has 29 heavy (non-hydrogen) atoms. The number of nitrogens with one attached hydrogen (secondary N) is 1. The van der Waals surface area contributed by atoms with Crippen molar-refractivity contribution in [3.63, 3.8) is 0 Å². The van der Waals surface area contributed by atoms with Gasteiger partial charge < -0.3 is 24.3 Å². The monoisotopic (exact) mass is 463 g/mol. The second-order valence-electron chi connectivity index (χ2n) is 7.02. The highest BCUT2D eigenvalue weighted by atomic mass is 79.9. The Morgan fingerprint density at radius 2 is 1.90 bits per heavy atom. The molecule has 156 valence electrons. The molecule has 6 nitrogen and oxygen atoms in total. The standard InChI is InChI=1S/C22H26BrNO5/c1-5-27-21-16(23)10-15(12-19(21)26-4)22(25)24-20(13(2)3)14-6-7-17-18(11-14)29-9-8-28-17/h6-7,10-13,20H,5,8-9H2,1-4H3,(H,24,25). The third-order valence-electron chi connectivity index (χ3n) is 4.66.